The average molecular weight is 393 g/mol. The Bertz CT molecular complexity index is 1030. The Balaban J connectivity index is 1.71. The first-order valence-electron chi connectivity index (χ1n) is 9.05. The Morgan fingerprint density at radius 2 is 1.75 bits per heavy atom. The second-order valence-electron chi connectivity index (χ2n) is 6.83. The second kappa shape index (κ2) is 8.40. The first kappa shape index (κ1) is 19.8. The van der Waals surface area contributed by atoms with Gasteiger partial charge < -0.3 is 4.74 Å². The fraction of sp³-hybridized carbons (Fsp3) is 0.217. The lowest BCUT2D eigenvalue weighted by atomic mass is 10.0. The third-order valence-electron chi connectivity index (χ3n) is 4.74. The number of amides is 1. The van der Waals surface area contributed by atoms with Crippen LogP contribution in [0.3, 0.4) is 0 Å². The van der Waals surface area contributed by atoms with Crippen molar-refractivity contribution in [2.24, 2.45) is 0 Å². The molecule has 1 N–H and O–H groups in total. The maximum Gasteiger partial charge on any atom is 0.250 e. The molecule has 0 bridgehead atoms. The highest BCUT2D eigenvalue weighted by atomic mass is 32.1. The monoisotopic (exact) mass is 392 g/mol. The van der Waals surface area contributed by atoms with Gasteiger partial charge in [0.15, 0.2) is 5.13 Å². The SMILES string of the molecule is COc1cc(C)c(/C=C/C(=O)Nc2nc(-c3ccc(C)c(C)c3)cs2)c(C)c1. The lowest BCUT2D eigenvalue weighted by Crippen LogP contribution is -2.07. The van der Waals surface area contributed by atoms with Crippen LogP contribution in [-0.2, 0) is 4.79 Å². The van der Waals surface area contributed by atoms with Gasteiger partial charge in [-0.15, -0.1) is 11.3 Å². The Hall–Kier alpha value is -2.92. The summed E-state index contributed by atoms with van der Waals surface area (Å²) >= 11 is 1.42. The van der Waals surface area contributed by atoms with Gasteiger partial charge in [-0.1, -0.05) is 12.1 Å². The summed E-state index contributed by atoms with van der Waals surface area (Å²) in [4.78, 5) is 16.9. The van der Waals surface area contributed by atoms with Crippen LogP contribution in [-0.4, -0.2) is 18.0 Å². The fourth-order valence-corrected chi connectivity index (χ4v) is 3.71. The number of thiazole rings is 1. The molecule has 0 aliphatic rings. The minimum Gasteiger partial charge on any atom is -0.497 e. The second-order valence-corrected chi connectivity index (χ2v) is 7.69. The third-order valence-corrected chi connectivity index (χ3v) is 5.50. The molecule has 3 aromatic rings. The largest absolute Gasteiger partial charge is 0.497 e. The minimum atomic E-state index is -0.199. The first-order valence-corrected chi connectivity index (χ1v) is 9.93. The van der Waals surface area contributed by atoms with Gasteiger partial charge in [0.25, 0.3) is 0 Å². The van der Waals surface area contributed by atoms with Crippen LogP contribution >= 0.6 is 11.3 Å². The zero-order chi connectivity index (χ0) is 20.3. The lowest BCUT2D eigenvalue weighted by Gasteiger charge is -2.08. The number of rotatable bonds is 5. The van der Waals surface area contributed by atoms with Crippen LogP contribution in [0.15, 0.2) is 41.8 Å². The van der Waals surface area contributed by atoms with Crippen LogP contribution in [0, 0.1) is 27.7 Å². The van der Waals surface area contributed by atoms with Gasteiger partial charge in [0.2, 0.25) is 5.91 Å². The van der Waals surface area contributed by atoms with Crippen LogP contribution in [0.1, 0.15) is 27.8 Å². The van der Waals surface area contributed by atoms with Crippen molar-refractivity contribution in [3.05, 3.63) is 69.6 Å². The molecule has 0 aliphatic heterocycles. The van der Waals surface area contributed by atoms with E-state index in [4.69, 9.17) is 4.74 Å². The number of carbonyl (C=O) groups excluding carboxylic acids is 1. The molecule has 144 valence electrons. The molecule has 0 saturated carbocycles. The standard InChI is InChI=1S/C23H24N2O2S/c1-14-6-7-18(10-15(14)2)21-13-28-23(24-21)25-22(26)9-8-20-16(3)11-19(27-5)12-17(20)4/h6-13H,1-5H3,(H,24,25,26)/b9-8+. The number of anilines is 1. The molecule has 2 aromatic carbocycles. The van der Waals surface area contributed by atoms with Crippen molar-refractivity contribution in [3.8, 4) is 17.0 Å². The van der Waals surface area contributed by atoms with E-state index >= 15 is 0 Å². The van der Waals surface area contributed by atoms with E-state index in [-0.39, 0.29) is 5.91 Å². The van der Waals surface area contributed by atoms with E-state index in [9.17, 15) is 4.79 Å². The molecule has 1 aromatic heterocycles. The highest BCUT2D eigenvalue weighted by Crippen LogP contribution is 2.27. The van der Waals surface area contributed by atoms with Gasteiger partial charge >= 0.3 is 0 Å². The van der Waals surface area contributed by atoms with Crippen LogP contribution < -0.4 is 10.1 Å². The van der Waals surface area contributed by atoms with E-state index < -0.39 is 0 Å². The van der Waals surface area contributed by atoms with Crippen molar-refractivity contribution in [3.63, 3.8) is 0 Å². The van der Waals surface area contributed by atoms with Crippen molar-refractivity contribution in [1.82, 2.24) is 4.98 Å². The number of benzene rings is 2. The summed E-state index contributed by atoms with van der Waals surface area (Å²) in [6, 6.07) is 10.2. The summed E-state index contributed by atoms with van der Waals surface area (Å²) in [7, 11) is 1.65. The number of methoxy groups -OCH3 is 1. The zero-order valence-electron chi connectivity index (χ0n) is 16.8. The molecular weight excluding hydrogens is 368 g/mol. The number of nitrogens with zero attached hydrogens (tertiary/aromatic N) is 1. The summed E-state index contributed by atoms with van der Waals surface area (Å²) < 4.78 is 5.28. The van der Waals surface area contributed by atoms with Gasteiger partial charge in [-0.2, -0.15) is 0 Å². The third kappa shape index (κ3) is 4.49. The van der Waals surface area contributed by atoms with Gasteiger partial charge in [-0.3, -0.25) is 10.1 Å². The molecular formula is C23H24N2O2S. The number of aryl methyl sites for hydroxylation is 4. The molecule has 1 amide bonds. The van der Waals surface area contributed by atoms with Crippen LogP contribution in [0.5, 0.6) is 5.75 Å². The van der Waals surface area contributed by atoms with Crippen molar-refractivity contribution in [2.75, 3.05) is 12.4 Å². The fourth-order valence-electron chi connectivity index (χ4n) is 2.99. The minimum absolute atomic E-state index is 0.199. The summed E-state index contributed by atoms with van der Waals surface area (Å²) in [5, 5.41) is 5.40. The molecule has 0 radical (unpaired) electrons. The molecule has 0 fully saturated rings. The first-order chi connectivity index (χ1) is 13.4. The smallest absolute Gasteiger partial charge is 0.250 e. The maximum atomic E-state index is 12.3. The molecule has 0 spiro atoms. The molecule has 0 aliphatic carbocycles. The quantitative estimate of drug-likeness (QED) is 0.566. The molecule has 28 heavy (non-hydrogen) atoms. The van der Waals surface area contributed by atoms with E-state index in [1.165, 1.54) is 22.5 Å². The van der Waals surface area contributed by atoms with Gasteiger partial charge in [-0.05, 0) is 79.8 Å². The van der Waals surface area contributed by atoms with Crippen molar-refractivity contribution in [2.45, 2.75) is 27.7 Å². The van der Waals surface area contributed by atoms with Gasteiger partial charge in [0, 0.05) is 17.0 Å². The van der Waals surface area contributed by atoms with E-state index in [0.29, 0.717) is 5.13 Å². The molecule has 5 heteroatoms. The van der Waals surface area contributed by atoms with Crippen molar-refractivity contribution >= 4 is 28.5 Å². The molecule has 0 atom stereocenters. The summed E-state index contributed by atoms with van der Waals surface area (Å²) in [6.45, 7) is 8.18. The maximum absolute atomic E-state index is 12.3. The number of hydrogen-bond donors (Lipinski definition) is 1. The number of carbonyl (C=O) groups is 1. The zero-order valence-corrected chi connectivity index (χ0v) is 17.6. The average Bonchev–Trinajstić information content (AvgIpc) is 3.11. The summed E-state index contributed by atoms with van der Waals surface area (Å²) in [6.07, 6.45) is 3.37. The predicted molar refractivity (Wildman–Crippen MR) is 117 cm³/mol. The van der Waals surface area contributed by atoms with Gasteiger partial charge in [-0.25, -0.2) is 4.98 Å². The Morgan fingerprint density at radius 1 is 1.04 bits per heavy atom. The normalized spacial score (nSPS) is 11.0. The Kier molecular flexibility index (Phi) is 5.95. The lowest BCUT2D eigenvalue weighted by molar-refractivity contribution is -0.111. The van der Waals surface area contributed by atoms with E-state index in [2.05, 4.69) is 42.3 Å². The van der Waals surface area contributed by atoms with Gasteiger partial charge in [0.1, 0.15) is 5.75 Å². The van der Waals surface area contributed by atoms with Crippen LogP contribution in [0.4, 0.5) is 5.13 Å². The van der Waals surface area contributed by atoms with E-state index in [1.807, 2.05) is 37.4 Å². The molecule has 1 heterocycles. The predicted octanol–water partition coefficient (Wildman–Crippen LogP) is 5.70. The van der Waals surface area contributed by atoms with Crippen molar-refractivity contribution in [1.29, 1.82) is 0 Å². The number of ether oxygens (including phenoxy) is 1. The molecule has 4 nitrogen and oxygen atoms in total. The number of hydrogen-bond acceptors (Lipinski definition) is 4. The highest BCUT2D eigenvalue weighted by molar-refractivity contribution is 7.14. The molecule has 3 rings (SSSR count). The molecule has 0 unspecified atom stereocenters. The highest BCUT2D eigenvalue weighted by Gasteiger charge is 2.08. The molecule has 0 saturated heterocycles. The van der Waals surface area contributed by atoms with Gasteiger partial charge in [0.05, 0.1) is 12.8 Å². The van der Waals surface area contributed by atoms with Crippen molar-refractivity contribution < 1.29 is 9.53 Å². The number of aromatic nitrogens is 1. The summed E-state index contributed by atoms with van der Waals surface area (Å²) in [5.74, 6) is 0.619. The topological polar surface area (TPSA) is 51.2 Å². The Morgan fingerprint density at radius 3 is 2.39 bits per heavy atom. The van der Waals surface area contributed by atoms with E-state index in [1.54, 1.807) is 13.2 Å². The van der Waals surface area contributed by atoms with E-state index in [0.717, 1.165) is 33.7 Å². The summed E-state index contributed by atoms with van der Waals surface area (Å²) in [5.41, 5.74) is 7.55. The number of nitrogens with one attached hydrogen (secondary N) is 1. The Labute approximate surface area is 169 Å². The van der Waals surface area contributed by atoms with Crippen LogP contribution in [0.2, 0.25) is 0 Å². The van der Waals surface area contributed by atoms with Crippen LogP contribution in [0.25, 0.3) is 17.3 Å².